The Morgan fingerprint density at radius 3 is 2.57 bits per heavy atom. The SMILES string of the molecule is CCC12CCC1(CC)[n+]1ccccc1-c1cc(C(F)(F)F)nn12. The molecule has 2 aromatic heterocycles. The van der Waals surface area contributed by atoms with Gasteiger partial charge in [0.05, 0.1) is 0 Å². The lowest BCUT2D eigenvalue weighted by Crippen LogP contribution is -2.77. The molecule has 0 N–H and O–H groups in total. The van der Waals surface area contributed by atoms with E-state index in [4.69, 9.17) is 0 Å². The average Bonchev–Trinajstić information content (AvgIpc) is 2.94. The fraction of sp³-hybridized carbons (Fsp3) is 0.529. The molecule has 3 heterocycles. The van der Waals surface area contributed by atoms with Crippen LogP contribution in [-0.2, 0) is 17.3 Å². The molecule has 122 valence electrons. The van der Waals surface area contributed by atoms with Gasteiger partial charge >= 0.3 is 6.18 Å². The molecule has 0 aromatic carbocycles. The summed E-state index contributed by atoms with van der Waals surface area (Å²) >= 11 is 0. The van der Waals surface area contributed by atoms with Crippen LogP contribution in [0.25, 0.3) is 11.4 Å². The Bertz CT molecular complexity index is 772. The molecule has 3 nitrogen and oxygen atoms in total. The third-order valence-electron chi connectivity index (χ3n) is 5.98. The average molecular weight is 322 g/mol. The summed E-state index contributed by atoms with van der Waals surface area (Å²) in [6, 6.07) is 6.91. The molecule has 1 saturated carbocycles. The Hall–Kier alpha value is -1.85. The van der Waals surface area contributed by atoms with E-state index in [1.165, 1.54) is 6.07 Å². The minimum atomic E-state index is -4.42. The zero-order valence-corrected chi connectivity index (χ0v) is 13.2. The molecule has 1 aliphatic heterocycles. The van der Waals surface area contributed by atoms with Crippen LogP contribution in [0.4, 0.5) is 13.2 Å². The van der Waals surface area contributed by atoms with Crippen LogP contribution in [0.5, 0.6) is 0 Å². The van der Waals surface area contributed by atoms with Crippen molar-refractivity contribution in [2.45, 2.75) is 56.8 Å². The summed E-state index contributed by atoms with van der Waals surface area (Å²) in [6.07, 6.45) is 1.07. The predicted octanol–water partition coefficient (Wildman–Crippen LogP) is 3.87. The molecule has 2 aliphatic rings. The highest BCUT2D eigenvalue weighted by molar-refractivity contribution is 5.55. The highest BCUT2D eigenvalue weighted by atomic mass is 19.4. The molecular formula is C17H19F3N3+. The smallest absolute Gasteiger partial charge is 0.245 e. The number of hydrogen-bond acceptors (Lipinski definition) is 1. The standard InChI is InChI=1S/C17H19F3N3/c1-3-15-8-9-16(15,4-2)23-13(11-14(21-23)17(18,19)20)12-7-5-6-10-22(12)15/h5-7,10-11H,3-4,8-9H2,1-2H3/q+1. The maximum atomic E-state index is 13.2. The van der Waals surface area contributed by atoms with Gasteiger partial charge in [0.2, 0.25) is 5.69 Å². The van der Waals surface area contributed by atoms with Crippen LogP contribution >= 0.6 is 0 Å². The summed E-state index contributed by atoms with van der Waals surface area (Å²) in [4.78, 5) is 0. The lowest BCUT2D eigenvalue weighted by Gasteiger charge is -2.56. The van der Waals surface area contributed by atoms with Gasteiger partial charge < -0.3 is 0 Å². The summed E-state index contributed by atoms with van der Waals surface area (Å²) in [7, 11) is 0. The number of pyridine rings is 1. The maximum Gasteiger partial charge on any atom is 0.435 e. The summed E-state index contributed by atoms with van der Waals surface area (Å²) < 4.78 is 43.5. The van der Waals surface area contributed by atoms with Crippen molar-refractivity contribution < 1.29 is 17.7 Å². The topological polar surface area (TPSA) is 21.7 Å². The summed E-state index contributed by atoms with van der Waals surface area (Å²) in [5.41, 5.74) is 0.0547. The van der Waals surface area contributed by atoms with Gasteiger partial charge in [-0.3, -0.25) is 0 Å². The van der Waals surface area contributed by atoms with E-state index in [1.807, 2.05) is 24.4 Å². The number of alkyl halides is 3. The van der Waals surface area contributed by atoms with Gasteiger partial charge in [0, 0.05) is 31.0 Å². The van der Waals surface area contributed by atoms with Crippen LogP contribution in [0, 0.1) is 0 Å². The van der Waals surface area contributed by atoms with E-state index in [9.17, 15) is 13.2 Å². The Labute approximate surface area is 132 Å². The Kier molecular flexibility index (Phi) is 2.79. The second-order valence-electron chi connectivity index (χ2n) is 6.55. The van der Waals surface area contributed by atoms with Crippen molar-refractivity contribution in [3.63, 3.8) is 0 Å². The van der Waals surface area contributed by atoms with Gasteiger partial charge in [0.25, 0.3) is 0 Å². The molecule has 2 atom stereocenters. The van der Waals surface area contributed by atoms with E-state index in [0.717, 1.165) is 31.4 Å². The van der Waals surface area contributed by atoms with Gasteiger partial charge in [-0.25, -0.2) is 4.68 Å². The largest absolute Gasteiger partial charge is 0.435 e. The number of nitrogens with zero attached hydrogens (tertiary/aromatic N) is 3. The van der Waals surface area contributed by atoms with E-state index in [2.05, 4.69) is 23.5 Å². The lowest BCUT2D eigenvalue weighted by atomic mass is 9.56. The van der Waals surface area contributed by atoms with Crippen LogP contribution in [-0.4, -0.2) is 9.78 Å². The van der Waals surface area contributed by atoms with E-state index < -0.39 is 11.9 Å². The molecule has 1 aliphatic carbocycles. The molecule has 0 saturated heterocycles. The second kappa shape index (κ2) is 4.36. The van der Waals surface area contributed by atoms with Gasteiger partial charge in [-0.1, -0.05) is 13.8 Å². The highest BCUT2D eigenvalue weighted by Gasteiger charge is 2.69. The van der Waals surface area contributed by atoms with E-state index >= 15 is 0 Å². The van der Waals surface area contributed by atoms with Gasteiger partial charge in [-0.15, -0.1) is 0 Å². The molecule has 6 heteroatoms. The van der Waals surface area contributed by atoms with Gasteiger partial charge in [-0.05, 0) is 18.9 Å². The lowest BCUT2D eigenvalue weighted by molar-refractivity contribution is -0.789. The maximum absolute atomic E-state index is 13.2. The Morgan fingerprint density at radius 2 is 2.00 bits per heavy atom. The van der Waals surface area contributed by atoms with E-state index in [-0.39, 0.29) is 11.1 Å². The molecule has 2 aromatic rings. The number of aromatic nitrogens is 3. The second-order valence-corrected chi connectivity index (χ2v) is 6.55. The number of fused-ring (bicyclic) bond motifs is 6. The molecule has 2 unspecified atom stereocenters. The predicted molar refractivity (Wildman–Crippen MR) is 78.6 cm³/mol. The first-order valence-electron chi connectivity index (χ1n) is 8.09. The van der Waals surface area contributed by atoms with Gasteiger partial charge in [0.15, 0.2) is 17.4 Å². The normalized spacial score (nSPS) is 28.6. The summed E-state index contributed by atoms with van der Waals surface area (Å²) in [5.74, 6) is 0. The minimum absolute atomic E-state index is 0.180. The monoisotopic (exact) mass is 322 g/mol. The van der Waals surface area contributed by atoms with Gasteiger partial charge in [0.1, 0.15) is 11.2 Å². The van der Waals surface area contributed by atoms with Gasteiger partial charge in [-0.2, -0.15) is 22.8 Å². The molecule has 1 fully saturated rings. The van der Waals surface area contributed by atoms with Crippen molar-refractivity contribution in [2.24, 2.45) is 0 Å². The van der Waals surface area contributed by atoms with Crippen molar-refractivity contribution >= 4 is 0 Å². The molecule has 0 bridgehead atoms. The highest BCUT2D eigenvalue weighted by Crippen LogP contribution is 2.58. The third-order valence-corrected chi connectivity index (χ3v) is 5.98. The number of rotatable bonds is 2. The third kappa shape index (κ3) is 1.56. The van der Waals surface area contributed by atoms with Crippen molar-refractivity contribution in [1.82, 2.24) is 9.78 Å². The molecule has 23 heavy (non-hydrogen) atoms. The summed E-state index contributed by atoms with van der Waals surface area (Å²) in [6.45, 7) is 4.17. The molecular weight excluding hydrogens is 303 g/mol. The van der Waals surface area contributed by atoms with Crippen LogP contribution in [0.1, 0.15) is 45.2 Å². The summed E-state index contributed by atoms with van der Waals surface area (Å²) in [5, 5.41) is 4.02. The fourth-order valence-electron chi connectivity index (χ4n) is 4.74. The van der Waals surface area contributed by atoms with Crippen molar-refractivity contribution in [1.29, 1.82) is 0 Å². The van der Waals surface area contributed by atoms with Crippen LogP contribution < -0.4 is 4.57 Å². The fourth-order valence-corrected chi connectivity index (χ4v) is 4.74. The molecule has 0 radical (unpaired) electrons. The molecule has 0 spiro atoms. The quantitative estimate of drug-likeness (QED) is 0.769. The first-order chi connectivity index (χ1) is 10.9. The first kappa shape index (κ1) is 14.7. The number of halogens is 3. The van der Waals surface area contributed by atoms with Crippen LogP contribution in [0.3, 0.4) is 0 Å². The van der Waals surface area contributed by atoms with Crippen molar-refractivity contribution in [3.8, 4) is 11.4 Å². The number of hydrogen-bond donors (Lipinski definition) is 0. The van der Waals surface area contributed by atoms with Crippen molar-refractivity contribution in [3.05, 3.63) is 36.2 Å². The van der Waals surface area contributed by atoms with E-state index in [1.54, 1.807) is 4.68 Å². The zero-order valence-electron chi connectivity index (χ0n) is 13.2. The Balaban J connectivity index is 2.05. The van der Waals surface area contributed by atoms with E-state index in [0.29, 0.717) is 5.69 Å². The molecule has 4 rings (SSSR count). The Morgan fingerprint density at radius 1 is 1.22 bits per heavy atom. The zero-order chi connectivity index (χ0) is 16.5. The van der Waals surface area contributed by atoms with Crippen LogP contribution in [0.2, 0.25) is 0 Å². The molecule has 0 amide bonds. The van der Waals surface area contributed by atoms with Crippen molar-refractivity contribution in [2.75, 3.05) is 0 Å². The first-order valence-corrected chi connectivity index (χ1v) is 8.09. The van der Waals surface area contributed by atoms with Crippen LogP contribution in [0.15, 0.2) is 30.5 Å². The minimum Gasteiger partial charge on any atom is -0.245 e.